The Morgan fingerprint density at radius 1 is 1.15 bits per heavy atom. The molecule has 1 aromatic carbocycles. The van der Waals surface area contributed by atoms with Crippen LogP contribution in [0.4, 0.5) is 6.01 Å². The van der Waals surface area contributed by atoms with E-state index in [9.17, 15) is 8.42 Å². The van der Waals surface area contributed by atoms with E-state index < -0.39 is 9.84 Å². The number of nitrogens with zero attached hydrogens (tertiary/aromatic N) is 5. The molecule has 3 aromatic heterocycles. The van der Waals surface area contributed by atoms with E-state index in [1.807, 2.05) is 42.0 Å². The SMILES string of the molecule is CCS(=O)(=O)c1ccc2c(ccn2-c2ccc(OC3CCN(c4nc(C)no4)CC3)cn2)c1. The Kier molecular flexibility index (Phi) is 5.53. The second-order valence-corrected chi connectivity index (χ2v) is 10.4. The molecular formula is C23H25N5O4S. The lowest BCUT2D eigenvalue weighted by Crippen LogP contribution is -2.38. The largest absolute Gasteiger partial charge is 0.489 e. The van der Waals surface area contributed by atoms with Gasteiger partial charge in [-0.05, 0) is 43.3 Å². The maximum absolute atomic E-state index is 12.2. The Hall–Kier alpha value is -3.40. The standard InChI is InChI=1S/C23H25N5O4S/c1-3-33(29,30)20-5-6-21-17(14-20)8-13-28(21)22-7-4-19(15-24-22)31-18-9-11-27(12-10-18)23-25-16(2)26-32-23/h4-8,13-15,18H,3,9-12H2,1-2H3. The van der Waals surface area contributed by atoms with Gasteiger partial charge in [0.25, 0.3) is 0 Å². The lowest BCUT2D eigenvalue weighted by molar-refractivity contribution is 0.168. The topological polar surface area (TPSA) is 103 Å². The van der Waals surface area contributed by atoms with Gasteiger partial charge in [-0.25, -0.2) is 13.4 Å². The van der Waals surface area contributed by atoms with Crippen molar-refractivity contribution < 1.29 is 17.7 Å². The second-order valence-electron chi connectivity index (χ2n) is 8.09. The molecule has 0 atom stereocenters. The summed E-state index contributed by atoms with van der Waals surface area (Å²) in [6.07, 6.45) is 5.43. The first-order valence-electron chi connectivity index (χ1n) is 10.9. The number of rotatable bonds is 6. The van der Waals surface area contributed by atoms with Crippen LogP contribution in [0.5, 0.6) is 5.75 Å². The van der Waals surface area contributed by atoms with Gasteiger partial charge < -0.3 is 18.7 Å². The minimum absolute atomic E-state index is 0.0812. The van der Waals surface area contributed by atoms with E-state index >= 15 is 0 Å². The molecule has 0 aliphatic carbocycles. The lowest BCUT2D eigenvalue weighted by Gasteiger charge is -2.30. The van der Waals surface area contributed by atoms with E-state index in [0.717, 1.165) is 48.4 Å². The quantitative estimate of drug-likeness (QED) is 0.424. The van der Waals surface area contributed by atoms with Crippen molar-refractivity contribution in [2.75, 3.05) is 23.7 Å². The molecule has 0 unspecified atom stereocenters. The van der Waals surface area contributed by atoms with Gasteiger partial charge in [-0.2, -0.15) is 4.98 Å². The van der Waals surface area contributed by atoms with Gasteiger partial charge in [0.1, 0.15) is 17.7 Å². The van der Waals surface area contributed by atoms with Crippen molar-refractivity contribution in [2.45, 2.75) is 37.7 Å². The Balaban J connectivity index is 1.26. The van der Waals surface area contributed by atoms with Crippen LogP contribution in [0.1, 0.15) is 25.6 Å². The maximum atomic E-state index is 12.2. The molecule has 33 heavy (non-hydrogen) atoms. The molecule has 172 valence electrons. The molecule has 0 saturated carbocycles. The highest BCUT2D eigenvalue weighted by Crippen LogP contribution is 2.25. The molecule has 5 rings (SSSR count). The van der Waals surface area contributed by atoms with Gasteiger partial charge in [-0.3, -0.25) is 0 Å². The van der Waals surface area contributed by atoms with Crippen LogP contribution in [0.2, 0.25) is 0 Å². The number of aromatic nitrogens is 4. The van der Waals surface area contributed by atoms with Crippen LogP contribution in [0.3, 0.4) is 0 Å². The third-order valence-electron chi connectivity index (χ3n) is 5.90. The summed E-state index contributed by atoms with van der Waals surface area (Å²) in [6.45, 7) is 5.05. The number of pyridine rings is 1. The molecule has 9 nitrogen and oxygen atoms in total. The number of fused-ring (bicyclic) bond motifs is 1. The summed E-state index contributed by atoms with van der Waals surface area (Å²) in [7, 11) is -3.24. The summed E-state index contributed by atoms with van der Waals surface area (Å²) >= 11 is 0. The number of hydrogen-bond donors (Lipinski definition) is 0. The molecule has 1 aliphatic heterocycles. The second kappa shape index (κ2) is 8.51. The van der Waals surface area contributed by atoms with Gasteiger partial charge in [-0.1, -0.05) is 12.1 Å². The molecule has 1 aliphatic rings. The molecule has 0 amide bonds. The van der Waals surface area contributed by atoms with Crippen molar-refractivity contribution in [1.29, 1.82) is 0 Å². The van der Waals surface area contributed by atoms with Crippen LogP contribution in [0.25, 0.3) is 16.7 Å². The molecule has 0 N–H and O–H groups in total. The fourth-order valence-corrected chi connectivity index (χ4v) is 4.95. The summed E-state index contributed by atoms with van der Waals surface area (Å²) in [4.78, 5) is 11.3. The summed E-state index contributed by atoms with van der Waals surface area (Å²) in [5.74, 6) is 2.18. The van der Waals surface area contributed by atoms with Gasteiger partial charge in [0.15, 0.2) is 15.7 Å². The maximum Gasteiger partial charge on any atom is 0.324 e. The van der Waals surface area contributed by atoms with Crippen molar-refractivity contribution in [3.8, 4) is 11.6 Å². The Morgan fingerprint density at radius 3 is 2.64 bits per heavy atom. The van der Waals surface area contributed by atoms with Crippen LogP contribution in [-0.2, 0) is 9.84 Å². The fraction of sp³-hybridized carbons (Fsp3) is 0.348. The molecule has 4 aromatic rings. The zero-order chi connectivity index (χ0) is 23.0. The highest BCUT2D eigenvalue weighted by atomic mass is 32.2. The smallest absolute Gasteiger partial charge is 0.324 e. The average molecular weight is 468 g/mol. The molecule has 0 spiro atoms. The monoisotopic (exact) mass is 467 g/mol. The van der Waals surface area contributed by atoms with E-state index in [0.29, 0.717) is 16.7 Å². The van der Waals surface area contributed by atoms with Crippen LogP contribution in [0.15, 0.2) is 58.2 Å². The van der Waals surface area contributed by atoms with Crippen molar-refractivity contribution in [3.63, 3.8) is 0 Å². The van der Waals surface area contributed by atoms with E-state index in [1.165, 1.54) is 0 Å². The van der Waals surface area contributed by atoms with Crippen molar-refractivity contribution >= 4 is 26.8 Å². The highest BCUT2D eigenvalue weighted by molar-refractivity contribution is 7.91. The van der Waals surface area contributed by atoms with Gasteiger partial charge in [0.05, 0.1) is 22.4 Å². The Morgan fingerprint density at radius 2 is 1.97 bits per heavy atom. The van der Waals surface area contributed by atoms with Crippen LogP contribution >= 0.6 is 0 Å². The van der Waals surface area contributed by atoms with E-state index in [1.54, 1.807) is 25.3 Å². The van der Waals surface area contributed by atoms with Crippen molar-refractivity contribution in [2.24, 2.45) is 0 Å². The Bertz CT molecular complexity index is 1370. The number of piperidine rings is 1. The van der Waals surface area contributed by atoms with Gasteiger partial charge >= 0.3 is 6.01 Å². The number of ether oxygens (including phenoxy) is 1. The first kappa shape index (κ1) is 21.4. The molecule has 1 fully saturated rings. The number of benzene rings is 1. The van der Waals surface area contributed by atoms with Gasteiger partial charge in [0, 0.05) is 37.5 Å². The first-order chi connectivity index (χ1) is 15.9. The van der Waals surface area contributed by atoms with Crippen LogP contribution < -0.4 is 9.64 Å². The summed E-state index contributed by atoms with van der Waals surface area (Å²) in [5.41, 5.74) is 0.898. The minimum Gasteiger partial charge on any atom is -0.489 e. The zero-order valence-corrected chi connectivity index (χ0v) is 19.3. The fourth-order valence-electron chi connectivity index (χ4n) is 4.04. The average Bonchev–Trinajstić information content (AvgIpc) is 3.46. The summed E-state index contributed by atoms with van der Waals surface area (Å²) in [5, 5.41) is 4.71. The van der Waals surface area contributed by atoms with Crippen molar-refractivity contribution in [1.82, 2.24) is 19.7 Å². The molecule has 1 saturated heterocycles. The summed E-state index contributed by atoms with van der Waals surface area (Å²) < 4.78 is 37.7. The van der Waals surface area contributed by atoms with Gasteiger partial charge in [-0.15, -0.1) is 0 Å². The minimum atomic E-state index is -3.24. The van der Waals surface area contributed by atoms with E-state index in [4.69, 9.17) is 9.26 Å². The number of aryl methyl sites for hydroxylation is 1. The predicted molar refractivity (Wildman–Crippen MR) is 124 cm³/mol. The molecule has 10 heteroatoms. The zero-order valence-electron chi connectivity index (χ0n) is 18.5. The molecule has 0 radical (unpaired) electrons. The van der Waals surface area contributed by atoms with Crippen molar-refractivity contribution in [3.05, 3.63) is 54.6 Å². The van der Waals surface area contributed by atoms with E-state index in [2.05, 4.69) is 20.0 Å². The Labute approximate surface area is 191 Å². The first-order valence-corrected chi connectivity index (χ1v) is 12.6. The lowest BCUT2D eigenvalue weighted by atomic mass is 10.1. The molecule has 4 heterocycles. The third kappa shape index (κ3) is 4.30. The summed E-state index contributed by atoms with van der Waals surface area (Å²) in [6, 6.07) is 11.5. The number of sulfone groups is 1. The third-order valence-corrected chi connectivity index (χ3v) is 7.63. The van der Waals surface area contributed by atoms with Crippen LogP contribution in [-0.4, -0.2) is 53.1 Å². The molecule has 0 bridgehead atoms. The number of hydrogen-bond acceptors (Lipinski definition) is 8. The van der Waals surface area contributed by atoms with E-state index in [-0.39, 0.29) is 11.9 Å². The van der Waals surface area contributed by atoms with Gasteiger partial charge in [0.2, 0.25) is 0 Å². The van der Waals surface area contributed by atoms with Crippen LogP contribution in [0, 0.1) is 6.92 Å². The molecular weight excluding hydrogens is 442 g/mol. The highest BCUT2D eigenvalue weighted by Gasteiger charge is 2.24. The number of anilines is 1. The normalized spacial score (nSPS) is 15.3. The predicted octanol–water partition coefficient (Wildman–Crippen LogP) is 3.56.